The summed E-state index contributed by atoms with van der Waals surface area (Å²) in [6.45, 7) is 5.02. The van der Waals surface area contributed by atoms with Crippen LogP contribution in [0.1, 0.15) is 5.56 Å². The first-order valence-electron chi connectivity index (χ1n) is 9.41. The van der Waals surface area contributed by atoms with Gasteiger partial charge in [-0.3, -0.25) is 4.90 Å². The minimum Gasteiger partial charge on any atom is -0.457 e. The summed E-state index contributed by atoms with van der Waals surface area (Å²) in [4.78, 5) is 4.89. The number of piperazine rings is 1. The van der Waals surface area contributed by atoms with Crippen LogP contribution in [0.25, 0.3) is 0 Å². The molecule has 0 atom stereocenters. The fraction of sp³-hybridized carbons (Fsp3) is 0.217. The number of rotatable bonds is 5. The van der Waals surface area contributed by atoms with Crippen molar-refractivity contribution in [3.63, 3.8) is 0 Å². The molecule has 0 unspecified atom stereocenters. The number of ether oxygens (including phenoxy) is 1. The molecule has 3 aromatic carbocycles. The summed E-state index contributed by atoms with van der Waals surface area (Å²) in [6.07, 6.45) is 0. The van der Waals surface area contributed by atoms with Crippen molar-refractivity contribution in [3.05, 3.63) is 88.4 Å². The second kappa shape index (κ2) is 8.87. The van der Waals surface area contributed by atoms with Crippen molar-refractivity contribution in [2.24, 2.45) is 0 Å². The van der Waals surface area contributed by atoms with E-state index in [0.29, 0.717) is 5.02 Å². The standard InChI is InChI=1S/C23H22Cl2N2O/c24-19-4-8-21(9-5-19)27-14-12-26(13-15-27)17-18-2-1-3-23(16-18)28-22-10-6-20(25)7-11-22/h1-11,16H,12-15,17H2. The Labute approximate surface area is 176 Å². The second-order valence-electron chi connectivity index (χ2n) is 6.94. The van der Waals surface area contributed by atoms with Gasteiger partial charge < -0.3 is 9.64 Å². The number of halogens is 2. The molecule has 0 radical (unpaired) electrons. The molecule has 1 saturated heterocycles. The van der Waals surface area contributed by atoms with Gasteiger partial charge >= 0.3 is 0 Å². The van der Waals surface area contributed by atoms with E-state index in [1.807, 2.05) is 48.5 Å². The van der Waals surface area contributed by atoms with Gasteiger partial charge in [-0.15, -0.1) is 0 Å². The lowest BCUT2D eigenvalue weighted by Gasteiger charge is -2.36. The Balaban J connectivity index is 1.33. The average Bonchev–Trinajstić information content (AvgIpc) is 2.71. The maximum absolute atomic E-state index is 5.99. The monoisotopic (exact) mass is 412 g/mol. The van der Waals surface area contributed by atoms with Crippen molar-refractivity contribution < 1.29 is 4.74 Å². The lowest BCUT2D eigenvalue weighted by molar-refractivity contribution is 0.249. The SMILES string of the molecule is Clc1ccc(Oc2cccc(CN3CCN(c4ccc(Cl)cc4)CC3)c2)cc1. The Morgan fingerprint density at radius 3 is 2.04 bits per heavy atom. The van der Waals surface area contributed by atoms with Gasteiger partial charge in [0.25, 0.3) is 0 Å². The molecule has 1 aliphatic heterocycles. The van der Waals surface area contributed by atoms with Crippen LogP contribution in [0.5, 0.6) is 11.5 Å². The minimum atomic E-state index is 0.707. The van der Waals surface area contributed by atoms with Crippen molar-refractivity contribution in [3.8, 4) is 11.5 Å². The fourth-order valence-electron chi connectivity index (χ4n) is 3.42. The van der Waals surface area contributed by atoms with Crippen LogP contribution in [-0.2, 0) is 6.54 Å². The van der Waals surface area contributed by atoms with Crippen LogP contribution in [0.2, 0.25) is 10.0 Å². The smallest absolute Gasteiger partial charge is 0.127 e. The van der Waals surface area contributed by atoms with E-state index in [9.17, 15) is 0 Å². The third-order valence-electron chi connectivity index (χ3n) is 4.92. The topological polar surface area (TPSA) is 15.7 Å². The number of hydrogen-bond donors (Lipinski definition) is 0. The first-order chi connectivity index (χ1) is 13.7. The molecule has 5 heteroatoms. The van der Waals surface area contributed by atoms with Gasteiger partial charge in [-0.25, -0.2) is 0 Å². The van der Waals surface area contributed by atoms with Crippen molar-refractivity contribution in [1.82, 2.24) is 4.90 Å². The highest BCUT2D eigenvalue weighted by Crippen LogP contribution is 2.25. The predicted octanol–water partition coefficient (Wildman–Crippen LogP) is 6.11. The van der Waals surface area contributed by atoms with E-state index in [1.165, 1.54) is 11.3 Å². The summed E-state index contributed by atoms with van der Waals surface area (Å²) in [7, 11) is 0. The Morgan fingerprint density at radius 2 is 1.36 bits per heavy atom. The highest BCUT2D eigenvalue weighted by Gasteiger charge is 2.17. The Kier molecular flexibility index (Phi) is 6.06. The van der Waals surface area contributed by atoms with Crippen molar-refractivity contribution >= 4 is 28.9 Å². The van der Waals surface area contributed by atoms with Gasteiger partial charge in [0.2, 0.25) is 0 Å². The zero-order valence-corrected chi connectivity index (χ0v) is 17.0. The Bertz CT molecular complexity index is 905. The summed E-state index contributed by atoms with van der Waals surface area (Å²) in [5, 5.41) is 1.49. The van der Waals surface area contributed by atoms with Crippen LogP contribution in [0.4, 0.5) is 5.69 Å². The van der Waals surface area contributed by atoms with Crippen LogP contribution in [0.3, 0.4) is 0 Å². The number of benzene rings is 3. The molecule has 1 fully saturated rings. The van der Waals surface area contributed by atoms with Gasteiger partial charge in [0.1, 0.15) is 11.5 Å². The molecule has 0 spiro atoms. The summed E-state index contributed by atoms with van der Waals surface area (Å²) in [6, 6.07) is 23.8. The lowest BCUT2D eigenvalue weighted by atomic mass is 10.1. The molecule has 0 bridgehead atoms. The largest absolute Gasteiger partial charge is 0.457 e. The zero-order chi connectivity index (χ0) is 19.3. The fourth-order valence-corrected chi connectivity index (χ4v) is 3.67. The van der Waals surface area contributed by atoms with Gasteiger partial charge in [-0.1, -0.05) is 35.3 Å². The molecule has 0 aromatic heterocycles. The summed E-state index contributed by atoms with van der Waals surface area (Å²) in [5.74, 6) is 1.64. The molecule has 0 N–H and O–H groups in total. The van der Waals surface area contributed by atoms with Crippen LogP contribution < -0.4 is 9.64 Å². The number of anilines is 1. The van der Waals surface area contributed by atoms with Crippen LogP contribution in [0, 0.1) is 0 Å². The van der Waals surface area contributed by atoms with Gasteiger partial charge in [0.15, 0.2) is 0 Å². The molecule has 144 valence electrons. The molecule has 4 rings (SSSR count). The zero-order valence-electron chi connectivity index (χ0n) is 15.5. The molecule has 28 heavy (non-hydrogen) atoms. The molecular formula is C23H22Cl2N2O. The predicted molar refractivity (Wildman–Crippen MR) is 117 cm³/mol. The van der Waals surface area contributed by atoms with E-state index in [4.69, 9.17) is 27.9 Å². The van der Waals surface area contributed by atoms with Gasteiger partial charge in [0, 0.05) is 48.5 Å². The van der Waals surface area contributed by atoms with E-state index in [1.54, 1.807) is 0 Å². The molecule has 0 amide bonds. The lowest BCUT2D eigenvalue weighted by Crippen LogP contribution is -2.45. The molecule has 1 heterocycles. The Morgan fingerprint density at radius 1 is 0.714 bits per heavy atom. The van der Waals surface area contributed by atoms with E-state index >= 15 is 0 Å². The van der Waals surface area contributed by atoms with E-state index in [2.05, 4.69) is 34.1 Å². The van der Waals surface area contributed by atoms with Crippen molar-refractivity contribution in [2.45, 2.75) is 6.54 Å². The van der Waals surface area contributed by atoms with Crippen LogP contribution >= 0.6 is 23.2 Å². The van der Waals surface area contributed by atoms with Crippen molar-refractivity contribution in [2.75, 3.05) is 31.1 Å². The van der Waals surface area contributed by atoms with E-state index in [-0.39, 0.29) is 0 Å². The van der Waals surface area contributed by atoms with Gasteiger partial charge in [-0.2, -0.15) is 0 Å². The maximum Gasteiger partial charge on any atom is 0.127 e. The second-order valence-corrected chi connectivity index (χ2v) is 7.82. The maximum atomic E-state index is 5.99. The van der Waals surface area contributed by atoms with Gasteiger partial charge in [-0.05, 0) is 66.2 Å². The molecular weight excluding hydrogens is 391 g/mol. The first kappa shape index (κ1) is 19.1. The van der Waals surface area contributed by atoms with Crippen molar-refractivity contribution in [1.29, 1.82) is 0 Å². The first-order valence-corrected chi connectivity index (χ1v) is 10.2. The molecule has 1 aliphatic rings. The number of nitrogens with zero attached hydrogens (tertiary/aromatic N) is 2. The summed E-state index contributed by atoms with van der Waals surface area (Å²) in [5.41, 5.74) is 2.49. The van der Waals surface area contributed by atoms with Crippen LogP contribution in [-0.4, -0.2) is 31.1 Å². The molecule has 3 nitrogen and oxygen atoms in total. The summed E-state index contributed by atoms with van der Waals surface area (Å²) < 4.78 is 5.95. The third-order valence-corrected chi connectivity index (χ3v) is 5.42. The molecule has 3 aromatic rings. The average molecular weight is 413 g/mol. The van der Waals surface area contributed by atoms with Crippen LogP contribution in [0.15, 0.2) is 72.8 Å². The third kappa shape index (κ3) is 4.99. The highest BCUT2D eigenvalue weighted by atomic mass is 35.5. The Hall–Kier alpha value is -2.20. The molecule has 0 aliphatic carbocycles. The number of hydrogen-bond acceptors (Lipinski definition) is 3. The van der Waals surface area contributed by atoms with Gasteiger partial charge in [0.05, 0.1) is 0 Å². The minimum absolute atomic E-state index is 0.707. The highest BCUT2D eigenvalue weighted by molar-refractivity contribution is 6.30. The normalized spacial score (nSPS) is 14.9. The van der Waals surface area contributed by atoms with E-state index in [0.717, 1.165) is 49.2 Å². The quantitative estimate of drug-likeness (QED) is 0.502. The summed E-state index contributed by atoms with van der Waals surface area (Å²) >= 11 is 11.9. The van der Waals surface area contributed by atoms with E-state index < -0.39 is 0 Å². The molecule has 0 saturated carbocycles.